The summed E-state index contributed by atoms with van der Waals surface area (Å²) in [5.41, 5.74) is 7.65. The molecule has 0 saturated heterocycles. The highest BCUT2D eigenvalue weighted by molar-refractivity contribution is 6.42. The molecule has 0 atom stereocenters. The highest BCUT2D eigenvalue weighted by Gasteiger charge is 2.10. The summed E-state index contributed by atoms with van der Waals surface area (Å²) in [5.74, 6) is 0.500. The second kappa shape index (κ2) is 6.46. The number of ether oxygens (including phenoxy) is 1. The Morgan fingerprint density at radius 2 is 1.95 bits per heavy atom. The van der Waals surface area contributed by atoms with Crippen LogP contribution in [0.3, 0.4) is 0 Å². The first kappa shape index (κ1) is 14.4. The molecule has 104 valence electrons. The molecule has 0 aliphatic rings. The van der Waals surface area contributed by atoms with Crippen molar-refractivity contribution in [2.24, 2.45) is 0 Å². The lowest BCUT2D eigenvalue weighted by atomic mass is 10.2. The average Bonchev–Trinajstić information content (AvgIpc) is 2.66. The van der Waals surface area contributed by atoms with Crippen LogP contribution in [0, 0.1) is 0 Å². The summed E-state index contributed by atoms with van der Waals surface area (Å²) < 4.78 is 7.00. The van der Waals surface area contributed by atoms with E-state index in [1.807, 2.05) is 10.6 Å². The van der Waals surface area contributed by atoms with Gasteiger partial charge >= 0.3 is 0 Å². The van der Waals surface area contributed by atoms with E-state index in [1.165, 1.54) is 0 Å². The molecule has 0 spiro atoms. The zero-order valence-electron chi connectivity index (χ0n) is 10.8. The minimum absolute atomic E-state index is 0.499. The molecule has 1 heterocycles. The van der Waals surface area contributed by atoms with Crippen LogP contribution in [0.25, 0.3) is 11.0 Å². The Hall–Kier alpha value is -0.970. The summed E-state index contributed by atoms with van der Waals surface area (Å²) in [7, 11) is 1.72. The van der Waals surface area contributed by atoms with Gasteiger partial charge in [0, 0.05) is 20.3 Å². The van der Waals surface area contributed by atoms with E-state index in [0.29, 0.717) is 16.0 Å². The summed E-state index contributed by atoms with van der Waals surface area (Å²) in [6, 6.07) is 3.56. The quantitative estimate of drug-likeness (QED) is 0.827. The molecule has 0 unspecified atom stereocenters. The number of rotatable bonds is 6. The summed E-state index contributed by atoms with van der Waals surface area (Å²) in [6.45, 7) is 1.62. The first-order valence-electron chi connectivity index (χ1n) is 6.23. The van der Waals surface area contributed by atoms with Crippen molar-refractivity contribution in [2.45, 2.75) is 25.8 Å². The van der Waals surface area contributed by atoms with Gasteiger partial charge in [0.05, 0.1) is 21.1 Å². The molecule has 2 N–H and O–H groups in total. The largest absolute Gasteiger partial charge is 0.385 e. The van der Waals surface area contributed by atoms with Crippen LogP contribution >= 0.6 is 23.2 Å². The Kier molecular flexibility index (Phi) is 4.91. The van der Waals surface area contributed by atoms with Gasteiger partial charge in [-0.25, -0.2) is 4.98 Å². The molecular weight excluding hydrogens is 285 g/mol. The number of nitrogen functional groups attached to an aromatic ring is 1. The van der Waals surface area contributed by atoms with Crippen LogP contribution in [0.5, 0.6) is 0 Å². The number of aryl methyl sites for hydroxylation is 1. The number of aromatic nitrogens is 2. The van der Waals surface area contributed by atoms with E-state index >= 15 is 0 Å². The lowest BCUT2D eigenvalue weighted by Gasteiger charge is -2.06. The molecule has 2 rings (SSSR count). The van der Waals surface area contributed by atoms with E-state index in [0.717, 1.165) is 43.4 Å². The number of methoxy groups -OCH3 is 1. The number of halogens is 2. The number of hydrogen-bond donors (Lipinski definition) is 1. The van der Waals surface area contributed by atoms with Crippen LogP contribution in [-0.2, 0) is 11.3 Å². The lowest BCUT2D eigenvalue weighted by Crippen LogP contribution is -2.03. The van der Waals surface area contributed by atoms with Crippen molar-refractivity contribution < 1.29 is 4.74 Å². The number of fused-ring (bicyclic) bond motifs is 1. The van der Waals surface area contributed by atoms with Crippen LogP contribution < -0.4 is 5.73 Å². The van der Waals surface area contributed by atoms with Gasteiger partial charge in [0.15, 0.2) is 0 Å². The normalized spacial score (nSPS) is 11.3. The zero-order chi connectivity index (χ0) is 13.8. The van der Waals surface area contributed by atoms with Gasteiger partial charge in [0.1, 0.15) is 0 Å². The van der Waals surface area contributed by atoms with Crippen molar-refractivity contribution in [1.82, 2.24) is 9.55 Å². The van der Waals surface area contributed by atoms with Gasteiger partial charge in [-0.05, 0) is 31.4 Å². The molecule has 1 aromatic heterocycles. The lowest BCUT2D eigenvalue weighted by molar-refractivity contribution is 0.191. The molecule has 0 aliphatic heterocycles. The second-order valence-electron chi connectivity index (χ2n) is 4.43. The topological polar surface area (TPSA) is 53.1 Å². The first-order chi connectivity index (χ1) is 9.13. The number of imidazole rings is 1. The Morgan fingerprint density at radius 3 is 2.68 bits per heavy atom. The summed E-state index contributed by atoms with van der Waals surface area (Å²) in [5, 5.41) is 1.02. The third kappa shape index (κ3) is 3.32. The number of hydrogen-bond acceptors (Lipinski definition) is 3. The van der Waals surface area contributed by atoms with Crippen molar-refractivity contribution in [3.8, 4) is 0 Å². The van der Waals surface area contributed by atoms with Crippen LogP contribution in [-0.4, -0.2) is 23.3 Å². The SMILES string of the molecule is COCCCCCn1c(N)nc2cc(Cl)c(Cl)cc21. The van der Waals surface area contributed by atoms with E-state index in [4.69, 9.17) is 33.7 Å². The molecule has 0 bridgehead atoms. The number of nitrogens with zero attached hydrogens (tertiary/aromatic N) is 2. The molecular formula is C13H17Cl2N3O. The predicted molar refractivity (Wildman–Crippen MR) is 79.9 cm³/mol. The average molecular weight is 302 g/mol. The van der Waals surface area contributed by atoms with Gasteiger partial charge < -0.3 is 15.0 Å². The third-order valence-corrected chi connectivity index (χ3v) is 3.77. The van der Waals surface area contributed by atoms with Crippen LogP contribution in [0.15, 0.2) is 12.1 Å². The summed E-state index contributed by atoms with van der Waals surface area (Å²) in [6.07, 6.45) is 3.17. The van der Waals surface area contributed by atoms with Crippen molar-refractivity contribution in [1.29, 1.82) is 0 Å². The Labute approximate surface area is 122 Å². The first-order valence-corrected chi connectivity index (χ1v) is 6.98. The minimum Gasteiger partial charge on any atom is -0.385 e. The summed E-state index contributed by atoms with van der Waals surface area (Å²) in [4.78, 5) is 4.30. The van der Waals surface area contributed by atoms with Gasteiger partial charge in [-0.3, -0.25) is 0 Å². The van der Waals surface area contributed by atoms with Crippen LogP contribution in [0.4, 0.5) is 5.95 Å². The van der Waals surface area contributed by atoms with Crippen molar-refractivity contribution in [3.05, 3.63) is 22.2 Å². The maximum absolute atomic E-state index is 6.04. The fourth-order valence-corrected chi connectivity index (χ4v) is 2.38. The molecule has 4 nitrogen and oxygen atoms in total. The van der Waals surface area contributed by atoms with Crippen LogP contribution in [0.2, 0.25) is 10.0 Å². The van der Waals surface area contributed by atoms with Gasteiger partial charge in [0.2, 0.25) is 5.95 Å². The molecule has 19 heavy (non-hydrogen) atoms. The monoisotopic (exact) mass is 301 g/mol. The molecule has 0 fully saturated rings. The maximum atomic E-state index is 6.04. The molecule has 0 radical (unpaired) electrons. The highest BCUT2D eigenvalue weighted by atomic mass is 35.5. The number of unbranched alkanes of at least 4 members (excludes halogenated alkanes) is 2. The zero-order valence-corrected chi connectivity index (χ0v) is 12.3. The van der Waals surface area contributed by atoms with E-state index in [-0.39, 0.29) is 0 Å². The maximum Gasteiger partial charge on any atom is 0.201 e. The van der Waals surface area contributed by atoms with E-state index in [1.54, 1.807) is 13.2 Å². The van der Waals surface area contributed by atoms with Gasteiger partial charge in [-0.2, -0.15) is 0 Å². The summed E-state index contributed by atoms with van der Waals surface area (Å²) >= 11 is 12.0. The van der Waals surface area contributed by atoms with Crippen LogP contribution in [0.1, 0.15) is 19.3 Å². The molecule has 0 amide bonds. The smallest absolute Gasteiger partial charge is 0.201 e. The molecule has 0 saturated carbocycles. The fourth-order valence-electron chi connectivity index (χ4n) is 2.07. The Bertz CT molecular complexity index is 569. The third-order valence-electron chi connectivity index (χ3n) is 3.05. The molecule has 1 aromatic carbocycles. The van der Waals surface area contributed by atoms with Gasteiger partial charge in [-0.15, -0.1) is 0 Å². The standard InChI is InChI=1S/C13H17Cl2N3O/c1-19-6-4-2-3-5-18-12-8-10(15)9(14)7-11(12)17-13(18)16/h7-8H,2-6H2,1H3,(H2,16,17). The van der Waals surface area contributed by atoms with Crippen molar-refractivity contribution >= 4 is 40.2 Å². The van der Waals surface area contributed by atoms with Gasteiger partial charge in [-0.1, -0.05) is 23.2 Å². The Morgan fingerprint density at radius 1 is 1.21 bits per heavy atom. The second-order valence-corrected chi connectivity index (χ2v) is 5.24. The van der Waals surface area contributed by atoms with E-state index < -0.39 is 0 Å². The highest BCUT2D eigenvalue weighted by Crippen LogP contribution is 2.29. The van der Waals surface area contributed by atoms with E-state index in [2.05, 4.69) is 4.98 Å². The molecule has 0 aliphatic carbocycles. The van der Waals surface area contributed by atoms with Crippen molar-refractivity contribution in [3.63, 3.8) is 0 Å². The van der Waals surface area contributed by atoms with E-state index in [9.17, 15) is 0 Å². The number of nitrogens with two attached hydrogens (primary N) is 1. The predicted octanol–water partition coefficient (Wildman–Crippen LogP) is 3.74. The molecule has 6 heteroatoms. The number of benzene rings is 1. The molecule has 2 aromatic rings. The van der Waals surface area contributed by atoms with Crippen molar-refractivity contribution in [2.75, 3.05) is 19.5 Å². The Balaban J connectivity index is 2.13. The number of anilines is 1. The minimum atomic E-state index is 0.499. The van der Waals surface area contributed by atoms with Gasteiger partial charge in [0.25, 0.3) is 0 Å². The fraction of sp³-hybridized carbons (Fsp3) is 0.462.